The van der Waals surface area contributed by atoms with Crippen molar-refractivity contribution in [3.05, 3.63) is 42.0 Å². The third-order valence-corrected chi connectivity index (χ3v) is 2.89. The molecule has 2 aromatic carbocycles. The van der Waals surface area contributed by atoms with Crippen molar-refractivity contribution in [2.45, 2.75) is 19.8 Å². The molecule has 0 fully saturated rings. The van der Waals surface area contributed by atoms with Crippen LogP contribution in [-0.2, 0) is 6.42 Å². The van der Waals surface area contributed by atoms with Gasteiger partial charge in [-0.3, -0.25) is 0 Å². The molecule has 2 rings (SSSR count). The molecule has 0 aliphatic heterocycles. The van der Waals surface area contributed by atoms with Crippen molar-refractivity contribution >= 4 is 33.8 Å². The molecule has 0 heterocycles. The SMILES string of the molecule is CCCc1ccc(NC(N)=S)c2ccccc12. The Kier molecular flexibility index (Phi) is 3.59. The summed E-state index contributed by atoms with van der Waals surface area (Å²) in [5.74, 6) is 0. The highest BCUT2D eigenvalue weighted by Gasteiger charge is 2.05. The van der Waals surface area contributed by atoms with Crippen molar-refractivity contribution in [3.63, 3.8) is 0 Å². The third kappa shape index (κ3) is 2.56. The number of hydrogen-bond acceptors (Lipinski definition) is 1. The maximum atomic E-state index is 5.53. The highest BCUT2D eigenvalue weighted by molar-refractivity contribution is 7.80. The fourth-order valence-corrected chi connectivity index (χ4v) is 2.20. The number of nitrogens with one attached hydrogen (secondary N) is 1. The van der Waals surface area contributed by atoms with Crippen molar-refractivity contribution in [1.82, 2.24) is 0 Å². The molecule has 2 nitrogen and oxygen atoms in total. The molecule has 2 aromatic rings. The molecule has 88 valence electrons. The molecule has 0 bridgehead atoms. The van der Waals surface area contributed by atoms with Crippen molar-refractivity contribution in [2.75, 3.05) is 5.32 Å². The van der Waals surface area contributed by atoms with Gasteiger partial charge in [0.25, 0.3) is 0 Å². The Morgan fingerprint density at radius 1 is 1.18 bits per heavy atom. The summed E-state index contributed by atoms with van der Waals surface area (Å²) in [5, 5.41) is 5.78. The molecular weight excluding hydrogens is 228 g/mol. The first-order valence-corrected chi connectivity index (χ1v) is 6.20. The van der Waals surface area contributed by atoms with E-state index < -0.39 is 0 Å². The van der Waals surface area contributed by atoms with Gasteiger partial charge in [0.2, 0.25) is 0 Å². The Balaban J connectivity index is 2.57. The summed E-state index contributed by atoms with van der Waals surface area (Å²) in [5.41, 5.74) is 7.88. The van der Waals surface area contributed by atoms with Gasteiger partial charge < -0.3 is 11.1 Å². The second-order valence-electron chi connectivity index (χ2n) is 4.06. The summed E-state index contributed by atoms with van der Waals surface area (Å²) in [7, 11) is 0. The predicted octanol–water partition coefficient (Wildman–Crippen LogP) is 3.45. The van der Waals surface area contributed by atoms with Crippen LogP contribution in [0.15, 0.2) is 36.4 Å². The minimum absolute atomic E-state index is 0.304. The molecule has 17 heavy (non-hydrogen) atoms. The first kappa shape index (κ1) is 11.9. The fraction of sp³-hybridized carbons (Fsp3) is 0.214. The van der Waals surface area contributed by atoms with E-state index in [4.69, 9.17) is 18.0 Å². The third-order valence-electron chi connectivity index (χ3n) is 2.79. The molecule has 3 heteroatoms. The van der Waals surface area contributed by atoms with Gasteiger partial charge >= 0.3 is 0 Å². The molecule has 0 atom stereocenters. The summed E-state index contributed by atoms with van der Waals surface area (Å²) >= 11 is 4.89. The van der Waals surface area contributed by atoms with E-state index in [1.54, 1.807) is 0 Å². The topological polar surface area (TPSA) is 38.0 Å². The lowest BCUT2D eigenvalue weighted by atomic mass is 10.00. The number of benzene rings is 2. The van der Waals surface area contributed by atoms with Crippen molar-refractivity contribution in [3.8, 4) is 0 Å². The monoisotopic (exact) mass is 244 g/mol. The molecular formula is C14H16N2S. The van der Waals surface area contributed by atoms with Crippen LogP contribution >= 0.6 is 12.2 Å². The van der Waals surface area contributed by atoms with E-state index in [0.717, 1.165) is 18.5 Å². The fourth-order valence-electron chi connectivity index (χ4n) is 2.09. The first-order valence-electron chi connectivity index (χ1n) is 5.79. The first-order chi connectivity index (χ1) is 8.22. The summed E-state index contributed by atoms with van der Waals surface area (Å²) in [6.45, 7) is 2.19. The zero-order valence-corrected chi connectivity index (χ0v) is 10.7. The van der Waals surface area contributed by atoms with Gasteiger partial charge in [-0.2, -0.15) is 0 Å². The van der Waals surface area contributed by atoms with Gasteiger partial charge in [0, 0.05) is 11.1 Å². The molecule has 0 aromatic heterocycles. The number of rotatable bonds is 3. The van der Waals surface area contributed by atoms with E-state index in [0.29, 0.717) is 5.11 Å². The summed E-state index contributed by atoms with van der Waals surface area (Å²) in [6, 6.07) is 12.5. The van der Waals surface area contributed by atoms with Gasteiger partial charge in [-0.05, 0) is 35.7 Å². The highest BCUT2D eigenvalue weighted by atomic mass is 32.1. The Morgan fingerprint density at radius 3 is 2.53 bits per heavy atom. The Labute approximate surface area is 107 Å². The normalized spacial score (nSPS) is 10.4. The van der Waals surface area contributed by atoms with Gasteiger partial charge in [0.05, 0.1) is 0 Å². The van der Waals surface area contributed by atoms with Crippen LogP contribution in [0.4, 0.5) is 5.69 Å². The minimum atomic E-state index is 0.304. The van der Waals surface area contributed by atoms with Gasteiger partial charge in [-0.1, -0.05) is 43.7 Å². The Morgan fingerprint density at radius 2 is 1.88 bits per heavy atom. The van der Waals surface area contributed by atoms with E-state index in [-0.39, 0.29) is 0 Å². The van der Waals surface area contributed by atoms with E-state index in [1.165, 1.54) is 16.3 Å². The van der Waals surface area contributed by atoms with Gasteiger partial charge in [0.1, 0.15) is 0 Å². The maximum Gasteiger partial charge on any atom is 0.168 e. The van der Waals surface area contributed by atoms with E-state index >= 15 is 0 Å². The Bertz CT molecular complexity index is 549. The van der Waals surface area contributed by atoms with E-state index in [9.17, 15) is 0 Å². The van der Waals surface area contributed by atoms with Crippen molar-refractivity contribution in [2.24, 2.45) is 5.73 Å². The number of anilines is 1. The number of fused-ring (bicyclic) bond motifs is 1. The largest absolute Gasteiger partial charge is 0.376 e. The molecule has 0 saturated heterocycles. The van der Waals surface area contributed by atoms with Crippen LogP contribution in [0.3, 0.4) is 0 Å². The minimum Gasteiger partial charge on any atom is -0.376 e. The maximum absolute atomic E-state index is 5.53. The summed E-state index contributed by atoms with van der Waals surface area (Å²) < 4.78 is 0. The number of thiocarbonyl (C=S) groups is 1. The zero-order valence-electron chi connectivity index (χ0n) is 9.86. The zero-order chi connectivity index (χ0) is 12.3. The Hall–Kier alpha value is -1.61. The molecule has 0 amide bonds. The lowest BCUT2D eigenvalue weighted by Gasteiger charge is -2.11. The molecule has 0 unspecified atom stereocenters. The molecule has 0 saturated carbocycles. The van der Waals surface area contributed by atoms with Crippen molar-refractivity contribution in [1.29, 1.82) is 0 Å². The van der Waals surface area contributed by atoms with Crippen LogP contribution in [0.25, 0.3) is 10.8 Å². The van der Waals surface area contributed by atoms with Crippen LogP contribution in [0.5, 0.6) is 0 Å². The molecule has 0 radical (unpaired) electrons. The van der Waals surface area contributed by atoms with E-state index in [1.807, 2.05) is 12.1 Å². The summed E-state index contributed by atoms with van der Waals surface area (Å²) in [6.07, 6.45) is 2.24. The van der Waals surface area contributed by atoms with Gasteiger partial charge in [-0.15, -0.1) is 0 Å². The number of nitrogens with two attached hydrogens (primary N) is 1. The van der Waals surface area contributed by atoms with Crippen LogP contribution in [0.2, 0.25) is 0 Å². The van der Waals surface area contributed by atoms with Crippen LogP contribution in [0, 0.1) is 0 Å². The molecule has 0 aliphatic carbocycles. The van der Waals surface area contributed by atoms with Crippen LogP contribution in [-0.4, -0.2) is 5.11 Å². The molecule has 0 spiro atoms. The standard InChI is InChI=1S/C14H16N2S/c1-2-5-10-8-9-13(16-14(15)17)12-7-4-3-6-11(10)12/h3-4,6-9H,2,5H2,1H3,(H3,15,16,17). The second-order valence-corrected chi connectivity index (χ2v) is 4.50. The average Bonchev–Trinajstić information content (AvgIpc) is 2.32. The smallest absolute Gasteiger partial charge is 0.168 e. The van der Waals surface area contributed by atoms with Gasteiger partial charge in [0.15, 0.2) is 5.11 Å². The average molecular weight is 244 g/mol. The predicted molar refractivity (Wildman–Crippen MR) is 78.4 cm³/mol. The quantitative estimate of drug-likeness (QED) is 0.812. The van der Waals surface area contributed by atoms with Crippen LogP contribution in [0.1, 0.15) is 18.9 Å². The van der Waals surface area contributed by atoms with Crippen LogP contribution < -0.4 is 11.1 Å². The lowest BCUT2D eigenvalue weighted by Crippen LogP contribution is -2.19. The van der Waals surface area contributed by atoms with E-state index in [2.05, 4.69) is 36.5 Å². The number of hydrogen-bond donors (Lipinski definition) is 2. The lowest BCUT2D eigenvalue weighted by molar-refractivity contribution is 0.930. The summed E-state index contributed by atoms with van der Waals surface area (Å²) in [4.78, 5) is 0. The molecule has 3 N–H and O–H groups in total. The second kappa shape index (κ2) is 5.15. The van der Waals surface area contributed by atoms with Gasteiger partial charge in [-0.25, -0.2) is 0 Å². The molecule has 0 aliphatic rings. The number of aryl methyl sites for hydroxylation is 1. The highest BCUT2D eigenvalue weighted by Crippen LogP contribution is 2.27. The van der Waals surface area contributed by atoms with Crippen molar-refractivity contribution < 1.29 is 0 Å².